The Morgan fingerprint density at radius 3 is 2.50 bits per heavy atom. The normalized spacial score (nSPS) is 10.2. The number of carboxylic acid groups (broad SMARTS) is 1. The van der Waals surface area contributed by atoms with E-state index in [0.717, 1.165) is 6.07 Å². The fourth-order valence-corrected chi connectivity index (χ4v) is 1.23. The lowest BCUT2D eigenvalue weighted by molar-refractivity contribution is -0.126. The molecule has 0 saturated heterocycles. The third kappa shape index (κ3) is 2.66. The second-order valence-electron chi connectivity index (χ2n) is 2.76. The molecule has 0 radical (unpaired) electrons. The van der Waals surface area contributed by atoms with Gasteiger partial charge in [0.1, 0.15) is 0 Å². The number of halogens is 3. The highest BCUT2D eigenvalue weighted by Gasteiger charge is 2.20. The summed E-state index contributed by atoms with van der Waals surface area (Å²) < 4.78 is 24.0. The minimum atomic E-state index is -3.24. The van der Waals surface area contributed by atoms with Crippen molar-refractivity contribution in [1.29, 1.82) is 0 Å². The summed E-state index contributed by atoms with van der Waals surface area (Å²) in [6.45, 7) is 0. The summed E-state index contributed by atoms with van der Waals surface area (Å²) >= 11 is 5.60. The van der Waals surface area contributed by atoms with Crippen molar-refractivity contribution in [3.8, 4) is 0 Å². The molecule has 1 rings (SSSR count). The number of para-hydroxylation sites is 1. The van der Waals surface area contributed by atoms with Crippen molar-refractivity contribution in [3.05, 3.63) is 28.8 Å². The summed E-state index contributed by atoms with van der Waals surface area (Å²) in [4.78, 5) is 21.5. The second-order valence-corrected chi connectivity index (χ2v) is 3.16. The number of carbonyl (C=O) groups excluding carboxylic acids is 1. The predicted molar refractivity (Wildman–Crippen MR) is 53.0 cm³/mol. The number of alkyl halides is 2. The van der Waals surface area contributed by atoms with Crippen LogP contribution in [0.3, 0.4) is 0 Å². The summed E-state index contributed by atoms with van der Waals surface area (Å²) in [5.74, 6) is -2.97. The average molecular weight is 250 g/mol. The number of amides is 1. The van der Waals surface area contributed by atoms with Gasteiger partial charge in [-0.15, -0.1) is 0 Å². The zero-order valence-corrected chi connectivity index (χ0v) is 8.46. The molecular weight excluding hydrogens is 244 g/mol. The van der Waals surface area contributed by atoms with Crippen LogP contribution in [0.1, 0.15) is 10.4 Å². The Labute approximate surface area is 93.8 Å². The van der Waals surface area contributed by atoms with Gasteiger partial charge in [-0.05, 0) is 12.1 Å². The standard InChI is InChI=1S/C9H6ClF2NO3/c10-5-3-1-2-4(9(15)16)6(5)13-8(14)7(11)12/h1-3,7H,(H,13,14)(H,15,16). The second kappa shape index (κ2) is 4.89. The molecule has 0 heterocycles. The van der Waals surface area contributed by atoms with Crippen molar-refractivity contribution >= 4 is 29.2 Å². The molecule has 2 N–H and O–H groups in total. The smallest absolute Gasteiger partial charge is 0.337 e. The van der Waals surface area contributed by atoms with Gasteiger partial charge in [0, 0.05) is 0 Å². The first-order valence-electron chi connectivity index (χ1n) is 4.04. The Balaban J connectivity index is 3.11. The van der Waals surface area contributed by atoms with Crippen LogP contribution in [-0.4, -0.2) is 23.4 Å². The van der Waals surface area contributed by atoms with E-state index >= 15 is 0 Å². The van der Waals surface area contributed by atoms with Crippen LogP contribution in [0.5, 0.6) is 0 Å². The van der Waals surface area contributed by atoms with Crippen molar-refractivity contribution in [1.82, 2.24) is 0 Å². The number of anilines is 1. The van der Waals surface area contributed by atoms with Gasteiger partial charge in [-0.2, -0.15) is 8.78 Å². The van der Waals surface area contributed by atoms with E-state index < -0.39 is 18.3 Å². The maximum atomic E-state index is 12.0. The number of hydrogen-bond donors (Lipinski definition) is 2. The largest absolute Gasteiger partial charge is 0.478 e. The summed E-state index contributed by atoms with van der Waals surface area (Å²) in [6, 6.07) is 3.77. The first kappa shape index (κ1) is 12.4. The number of hydrogen-bond acceptors (Lipinski definition) is 2. The first-order chi connectivity index (χ1) is 7.43. The summed E-state index contributed by atoms with van der Waals surface area (Å²) in [7, 11) is 0. The van der Waals surface area contributed by atoms with Gasteiger partial charge in [0.25, 0.3) is 5.91 Å². The topological polar surface area (TPSA) is 66.4 Å². The Hall–Kier alpha value is -1.69. The molecule has 1 aromatic rings. The third-order valence-corrected chi connectivity index (χ3v) is 2.01. The quantitative estimate of drug-likeness (QED) is 0.863. The van der Waals surface area contributed by atoms with Crippen molar-refractivity contribution in [3.63, 3.8) is 0 Å². The van der Waals surface area contributed by atoms with Gasteiger partial charge in [-0.3, -0.25) is 4.79 Å². The zero-order chi connectivity index (χ0) is 12.3. The molecule has 0 aromatic heterocycles. The molecule has 4 nitrogen and oxygen atoms in total. The summed E-state index contributed by atoms with van der Waals surface area (Å²) in [6.07, 6.45) is -3.24. The number of carboxylic acids is 1. The Kier molecular flexibility index (Phi) is 3.78. The van der Waals surface area contributed by atoms with Crippen LogP contribution in [0.2, 0.25) is 5.02 Å². The highest BCUT2D eigenvalue weighted by Crippen LogP contribution is 2.26. The van der Waals surface area contributed by atoms with E-state index in [1.54, 1.807) is 5.32 Å². The van der Waals surface area contributed by atoms with Gasteiger partial charge in [0.15, 0.2) is 0 Å². The molecule has 1 aromatic carbocycles. The van der Waals surface area contributed by atoms with Crippen molar-refractivity contribution < 1.29 is 23.5 Å². The highest BCUT2D eigenvalue weighted by atomic mass is 35.5. The van der Waals surface area contributed by atoms with Gasteiger partial charge < -0.3 is 10.4 Å². The molecule has 1 amide bonds. The van der Waals surface area contributed by atoms with Crippen LogP contribution >= 0.6 is 11.6 Å². The number of benzene rings is 1. The molecule has 16 heavy (non-hydrogen) atoms. The van der Waals surface area contributed by atoms with Crippen LogP contribution < -0.4 is 5.32 Å². The van der Waals surface area contributed by atoms with Crippen LogP contribution in [0.4, 0.5) is 14.5 Å². The average Bonchev–Trinajstić information content (AvgIpc) is 2.20. The molecule has 7 heteroatoms. The maximum absolute atomic E-state index is 12.0. The minimum Gasteiger partial charge on any atom is -0.478 e. The summed E-state index contributed by atoms with van der Waals surface area (Å²) in [5, 5.41) is 10.4. The van der Waals surface area contributed by atoms with Gasteiger partial charge in [0.2, 0.25) is 0 Å². The molecule has 0 spiro atoms. The van der Waals surface area contributed by atoms with E-state index in [0.29, 0.717) is 0 Å². The fourth-order valence-electron chi connectivity index (χ4n) is 1.01. The van der Waals surface area contributed by atoms with Crippen molar-refractivity contribution in [2.45, 2.75) is 6.43 Å². The SMILES string of the molecule is O=C(O)c1cccc(Cl)c1NC(=O)C(F)F. The monoisotopic (exact) mass is 249 g/mol. The maximum Gasteiger partial charge on any atom is 0.337 e. The molecule has 0 aliphatic rings. The lowest BCUT2D eigenvalue weighted by Gasteiger charge is -2.09. The number of aromatic carboxylic acids is 1. The molecule has 0 aliphatic carbocycles. The van der Waals surface area contributed by atoms with E-state index in [2.05, 4.69) is 0 Å². The molecule has 0 unspecified atom stereocenters. The van der Waals surface area contributed by atoms with Crippen LogP contribution in [0.25, 0.3) is 0 Å². The third-order valence-electron chi connectivity index (χ3n) is 1.69. The van der Waals surface area contributed by atoms with Crippen LogP contribution in [0.15, 0.2) is 18.2 Å². The van der Waals surface area contributed by atoms with E-state index in [1.165, 1.54) is 12.1 Å². The Morgan fingerprint density at radius 1 is 1.38 bits per heavy atom. The van der Waals surface area contributed by atoms with Crippen LogP contribution in [0, 0.1) is 0 Å². The Morgan fingerprint density at radius 2 is 2.00 bits per heavy atom. The zero-order valence-electron chi connectivity index (χ0n) is 7.71. The first-order valence-corrected chi connectivity index (χ1v) is 4.42. The lowest BCUT2D eigenvalue weighted by Crippen LogP contribution is -2.21. The lowest BCUT2D eigenvalue weighted by atomic mass is 10.2. The van der Waals surface area contributed by atoms with Gasteiger partial charge >= 0.3 is 12.4 Å². The molecule has 86 valence electrons. The molecule has 0 atom stereocenters. The minimum absolute atomic E-state index is 0.117. The molecular formula is C9H6ClF2NO3. The number of carbonyl (C=O) groups is 2. The predicted octanol–water partition coefficient (Wildman–Crippen LogP) is 2.24. The Bertz CT molecular complexity index is 437. The van der Waals surface area contributed by atoms with Gasteiger partial charge in [-0.25, -0.2) is 4.79 Å². The fraction of sp³-hybridized carbons (Fsp3) is 0.111. The highest BCUT2D eigenvalue weighted by molar-refractivity contribution is 6.34. The number of rotatable bonds is 3. The van der Waals surface area contributed by atoms with Crippen molar-refractivity contribution in [2.24, 2.45) is 0 Å². The van der Waals surface area contributed by atoms with Gasteiger partial charge in [0.05, 0.1) is 16.3 Å². The summed E-state index contributed by atoms with van der Waals surface area (Å²) in [5.41, 5.74) is -0.677. The number of nitrogens with one attached hydrogen (secondary N) is 1. The van der Waals surface area contributed by atoms with E-state index in [4.69, 9.17) is 16.7 Å². The van der Waals surface area contributed by atoms with Gasteiger partial charge in [-0.1, -0.05) is 17.7 Å². The van der Waals surface area contributed by atoms with E-state index in [-0.39, 0.29) is 16.3 Å². The molecule has 0 fully saturated rings. The van der Waals surface area contributed by atoms with Crippen molar-refractivity contribution in [2.75, 3.05) is 5.32 Å². The van der Waals surface area contributed by atoms with Crippen LogP contribution in [-0.2, 0) is 4.79 Å². The molecule has 0 bridgehead atoms. The van der Waals surface area contributed by atoms with E-state index in [1.807, 2.05) is 0 Å². The van der Waals surface area contributed by atoms with E-state index in [9.17, 15) is 18.4 Å². The molecule has 0 aliphatic heterocycles. The molecule has 0 saturated carbocycles.